The average Bonchev–Trinajstić information content (AvgIpc) is 2.52. The third kappa shape index (κ3) is 4.89. The minimum absolute atomic E-state index is 0.267. The molecular formula is C15H15N3O2. The summed E-state index contributed by atoms with van der Waals surface area (Å²) in [4.78, 5) is 19.2. The molecular weight excluding hydrogens is 254 g/mol. The Kier molecular flexibility index (Phi) is 5.27. The first-order valence-electron chi connectivity index (χ1n) is 6.21. The second kappa shape index (κ2) is 7.68. The molecule has 20 heavy (non-hydrogen) atoms. The van der Waals surface area contributed by atoms with Crippen LogP contribution in [0.25, 0.3) is 6.08 Å². The van der Waals surface area contributed by atoms with Crippen LogP contribution in [0, 0.1) is 0 Å². The highest BCUT2D eigenvalue weighted by Crippen LogP contribution is 2.00. The number of hydrogen-bond donors (Lipinski definition) is 1. The van der Waals surface area contributed by atoms with Gasteiger partial charge in [0.25, 0.3) is 0 Å². The fraction of sp³-hybridized carbons (Fsp3) is 0.133. The zero-order chi connectivity index (χ0) is 14.0. The fourth-order valence-corrected chi connectivity index (χ4v) is 1.51. The van der Waals surface area contributed by atoms with Crippen molar-refractivity contribution in [3.05, 3.63) is 66.3 Å². The van der Waals surface area contributed by atoms with Crippen molar-refractivity contribution in [2.75, 3.05) is 6.54 Å². The molecule has 102 valence electrons. The van der Waals surface area contributed by atoms with Gasteiger partial charge in [0.15, 0.2) is 0 Å². The third-order valence-corrected chi connectivity index (χ3v) is 2.47. The van der Waals surface area contributed by atoms with Crippen LogP contribution >= 0.6 is 0 Å². The summed E-state index contributed by atoms with van der Waals surface area (Å²) in [5, 5.41) is 2.63. The molecule has 0 spiro atoms. The van der Waals surface area contributed by atoms with Gasteiger partial charge in [0.1, 0.15) is 12.9 Å². The Morgan fingerprint density at radius 1 is 1.20 bits per heavy atom. The lowest BCUT2D eigenvalue weighted by Crippen LogP contribution is -2.24. The van der Waals surface area contributed by atoms with Gasteiger partial charge >= 0.3 is 6.09 Å². The van der Waals surface area contributed by atoms with E-state index in [0.717, 1.165) is 11.1 Å². The van der Waals surface area contributed by atoms with Gasteiger partial charge < -0.3 is 10.1 Å². The number of ether oxygens (including phenoxy) is 1. The van der Waals surface area contributed by atoms with Crippen LogP contribution in [0.4, 0.5) is 4.79 Å². The molecule has 1 heterocycles. The maximum Gasteiger partial charge on any atom is 0.407 e. The van der Waals surface area contributed by atoms with Crippen molar-refractivity contribution in [1.29, 1.82) is 0 Å². The van der Waals surface area contributed by atoms with Crippen LogP contribution in [0.2, 0.25) is 0 Å². The van der Waals surface area contributed by atoms with E-state index in [1.165, 1.54) is 6.33 Å². The Labute approximate surface area is 117 Å². The molecule has 1 aromatic carbocycles. The molecule has 0 saturated carbocycles. The highest BCUT2D eigenvalue weighted by atomic mass is 16.5. The van der Waals surface area contributed by atoms with Crippen LogP contribution in [0.15, 0.2) is 55.1 Å². The molecule has 2 rings (SSSR count). The van der Waals surface area contributed by atoms with Gasteiger partial charge in [-0.15, -0.1) is 0 Å². The molecule has 0 unspecified atom stereocenters. The molecule has 2 aromatic rings. The number of carbonyl (C=O) groups excluding carboxylic acids is 1. The number of nitrogens with one attached hydrogen (secondary N) is 1. The van der Waals surface area contributed by atoms with Crippen LogP contribution < -0.4 is 5.32 Å². The number of nitrogens with zero attached hydrogens (tertiary/aromatic N) is 2. The first-order chi connectivity index (χ1) is 9.84. The predicted molar refractivity (Wildman–Crippen MR) is 75.7 cm³/mol. The molecule has 1 amide bonds. The van der Waals surface area contributed by atoms with Crippen LogP contribution in [-0.4, -0.2) is 22.6 Å². The molecule has 0 aliphatic heterocycles. The van der Waals surface area contributed by atoms with Crippen molar-refractivity contribution < 1.29 is 9.53 Å². The van der Waals surface area contributed by atoms with Crippen molar-refractivity contribution in [3.63, 3.8) is 0 Å². The van der Waals surface area contributed by atoms with Crippen molar-refractivity contribution in [1.82, 2.24) is 15.3 Å². The molecule has 0 radical (unpaired) electrons. The fourth-order valence-electron chi connectivity index (χ4n) is 1.51. The first kappa shape index (κ1) is 13.7. The minimum Gasteiger partial charge on any atom is -0.445 e. The van der Waals surface area contributed by atoms with E-state index in [4.69, 9.17) is 4.74 Å². The Balaban J connectivity index is 1.67. The van der Waals surface area contributed by atoms with Gasteiger partial charge in [-0.25, -0.2) is 14.8 Å². The van der Waals surface area contributed by atoms with Gasteiger partial charge in [-0.2, -0.15) is 0 Å². The molecule has 0 saturated heterocycles. The number of carbonyl (C=O) groups is 1. The van der Waals surface area contributed by atoms with E-state index >= 15 is 0 Å². The standard InChI is InChI=1S/C15H15N3O2/c19-15(20-11-13-5-2-1-3-6-13)18-8-4-7-14-9-16-12-17-10-14/h1-7,9-10,12H,8,11H2,(H,18,19). The van der Waals surface area contributed by atoms with Crippen molar-refractivity contribution in [2.45, 2.75) is 6.61 Å². The topological polar surface area (TPSA) is 64.1 Å². The van der Waals surface area contributed by atoms with Crippen LogP contribution in [0.3, 0.4) is 0 Å². The Hall–Kier alpha value is -2.69. The monoisotopic (exact) mass is 269 g/mol. The summed E-state index contributed by atoms with van der Waals surface area (Å²) in [6.45, 7) is 0.658. The number of alkyl carbamates (subject to hydrolysis) is 1. The smallest absolute Gasteiger partial charge is 0.407 e. The largest absolute Gasteiger partial charge is 0.445 e. The highest BCUT2D eigenvalue weighted by Gasteiger charge is 1.99. The van der Waals surface area contributed by atoms with Gasteiger partial charge in [0.05, 0.1) is 0 Å². The molecule has 0 fully saturated rings. The van der Waals surface area contributed by atoms with Crippen molar-refractivity contribution in [3.8, 4) is 0 Å². The van der Waals surface area contributed by atoms with Gasteiger partial charge in [-0.3, -0.25) is 0 Å². The lowest BCUT2D eigenvalue weighted by atomic mass is 10.2. The maximum atomic E-state index is 11.4. The summed E-state index contributed by atoms with van der Waals surface area (Å²) < 4.78 is 5.07. The Morgan fingerprint density at radius 2 is 1.95 bits per heavy atom. The second-order valence-electron chi connectivity index (χ2n) is 4.02. The van der Waals surface area contributed by atoms with E-state index in [1.54, 1.807) is 12.4 Å². The summed E-state index contributed by atoms with van der Waals surface area (Å²) >= 11 is 0. The number of amides is 1. The van der Waals surface area contributed by atoms with E-state index in [-0.39, 0.29) is 6.61 Å². The lowest BCUT2D eigenvalue weighted by Gasteiger charge is -2.05. The summed E-state index contributed by atoms with van der Waals surface area (Å²) in [5.41, 5.74) is 1.84. The van der Waals surface area contributed by atoms with Gasteiger partial charge in [0, 0.05) is 24.5 Å². The summed E-state index contributed by atoms with van der Waals surface area (Å²) in [6.07, 6.45) is 8.05. The number of aromatic nitrogens is 2. The van der Waals surface area contributed by atoms with E-state index in [2.05, 4.69) is 15.3 Å². The second-order valence-corrected chi connectivity index (χ2v) is 4.02. The number of rotatable bonds is 5. The van der Waals surface area contributed by atoms with Gasteiger partial charge in [-0.1, -0.05) is 42.5 Å². The van der Waals surface area contributed by atoms with E-state index in [9.17, 15) is 4.79 Å². The van der Waals surface area contributed by atoms with E-state index in [1.807, 2.05) is 42.5 Å². The maximum absolute atomic E-state index is 11.4. The van der Waals surface area contributed by atoms with Crippen molar-refractivity contribution >= 4 is 12.2 Å². The highest BCUT2D eigenvalue weighted by molar-refractivity contribution is 5.67. The molecule has 0 aliphatic carbocycles. The van der Waals surface area contributed by atoms with Crippen LogP contribution in [0.5, 0.6) is 0 Å². The Bertz CT molecular complexity index is 556. The summed E-state index contributed by atoms with van der Waals surface area (Å²) in [7, 11) is 0. The first-order valence-corrected chi connectivity index (χ1v) is 6.21. The summed E-state index contributed by atoms with van der Waals surface area (Å²) in [6, 6.07) is 9.54. The predicted octanol–water partition coefficient (Wildman–Crippen LogP) is 2.42. The average molecular weight is 269 g/mol. The number of hydrogen-bond acceptors (Lipinski definition) is 4. The molecule has 0 atom stereocenters. The molecule has 5 heteroatoms. The van der Waals surface area contributed by atoms with Crippen molar-refractivity contribution in [2.24, 2.45) is 0 Å². The lowest BCUT2D eigenvalue weighted by molar-refractivity contribution is 0.141. The SMILES string of the molecule is O=C(NCC=Cc1cncnc1)OCc1ccccc1. The van der Waals surface area contributed by atoms with Crippen LogP contribution in [0.1, 0.15) is 11.1 Å². The molecule has 1 aromatic heterocycles. The van der Waals surface area contributed by atoms with Crippen LogP contribution in [-0.2, 0) is 11.3 Å². The molecule has 5 nitrogen and oxygen atoms in total. The summed E-state index contributed by atoms with van der Waals surface area (Å²) in [5.74, 6) is 0. The van der Waals surface area contributed by atoms with Gasteiger partial charge in [-0.05, 0) is 5.56 Å². The minimum atomic E-state index is -0.442. The zero-order valence-corrected chi connectivity index (χ0v) is 10.9. The van der Waals surface area contributed by atoms with E-state index in [0.29, 0.717) is 6.54 Å². The molecule has 1 N–H and O–H groups in total. The van der Waals surface area contributed by atoms with Gasteiger partial charge in [0.2, 0.25) is 0 Å². The zero-order valence-electron chi connectivity index (χ0n) is 10.9. The normalized spacial score (nSPS) is 10.4. The van der Waals surface area contributed by atoms with E-state index < -0.39 is 6.09 Å². The molecule has 0 aliphatic rings. The Morgan fingerprint density at radius 3 is 2.70 bits per heavy atom. The molecule has 0 bridgehead atoms. The number of benzene rings is 1. The quantitative estimate of drug-likeness (QED) is 0.905. The third-order valence-electron chi connectivity index (χ3n) is 2.47.